The number of carbonyl (C=O) groups is 2. The van der Waals surface area contributed by atoms with Crippen molar-refractivity contribution in [1.29, 1.82) is 0 Å². The van der Waals surface area contributed by atoms with Gasteiger partial charge in [-0.1, -0.05) is 13.0 Å². The minimum absolute atomic E-state index is 0.123. The molecular formula is C14H17NO5. The Morgan fingerprint density at radius 3 is 2.65 bits per heavy atom. The van der Waals surface area contributed by atoms with E-state index in [1.54, 1.807) is 25.1 Å². The average Bonchev–Trinajstić information content (AvgIpc) is 2.42. The fourth-order valence-electron chi connectivity index (χ4n) is 1.37. The highest BCUT2D eigenvalue weighted by Crippen LogP contribution is 2.29. The summed E-state index contributed by atoms with van der Waals surface area (Å²) in [5.74, 6) is -1.00. The molecule has 0 saturated carbocycles. The Labute approximate surface area is 116 Å². The molecule has 1 amide bonds. The van der Waals surface area contributed by atoms with E-state index in [0.29, 0.717) is 17.1 Å². The summed E-state index contributed by atoms with van der Waals surface area (Å²) in [5, 5.41) is 8.59. The van der Waals surface area contributed by atoms with Crippen LogP contribution in [0.1, 0.15) is 12.5 Å². The molecule has 0 bridgehead atoms. The molecule has 0 radical (unpaired) electrons. The Morgan fingerprint density at radius 1 is 1.40 bits per heavy atom. The van der Waals surface area contributed by atoms with Crippen LogP contribution < -0.4 is 15.2 Å². The maximum atomic E-state index is 11.0. The monoisotopic (exact) mass is 279 g/mol. The van der Waals surface area contributed by atoms with E-state index in [0.717, 1.165) is 6.08 Å². The maximum Gasteiger partial charge on any atom is 0.328 e. The molecule has 1 aromatic rings. The minimum atomic E-state index is -1.04. The van der Waals surface area contributed by atoms with Gasteiger partial charge in [-0.2, -0.15) is 0 Å². The molecule has 1 aromatic carbocycles. The number of methoxy groups -OCH3 is 1. The van der Waals surface area contributed by atoms with E-state index in [-0.39, 0.29) is 6.61 Å². The molecule has 6 heteroatoms. The molecule has 1 atom stereocenters. The molecule has 3 N–H and O–H groups in total. The zero-order valence-corrected chi connectivity index (χ0v) is 11.3. The van der Waals surface area contributed by atoms with Crippen molar-refractivity contribution in [2.75, 3.05) is 13.7 Å². The van der Waals surface area contributed by atoms with Crippen LogP contribution in [-0.4, -0.2) is 30.7 Å². The summed E-state index contributed by atoms with van der Waals surface area (Å²) < 4.78 is 10.6. The van der Waals surface area contributed by atoms with Gasteiger partial charge in [0, 0.05) is 6.08 Å². The number of rotatable bonds is 7. The lowest BCUT2D eigenvalue weighted by Gasteiger charge is -2.13. The first-order chi connectivity index (χ1) is 9.43. The van der Waals surface area contributed by atoms with Crippen molar-refractivity contribution >= 4 is 18.0 Å². The third-order valence-corrected chi connectivity index (χ3v) is 2.58. The van der Waals surface area contributed by atoms with Crippen LogP contribution in [-0.2, 0) is 9.59 Å². The van der Waals surface area contributed by atoms with Crippen molar-refractivity contribution in [1.82, 2.24) is 0 Å². The minimum Gasteiger partial charge on any atom is -0.493 e. The quantitative estimate of drug-likeness (QED) is 0.733. The van der Waals surface area contributed by atoms with E-state index in [1.165, 1.54) is 13.2 Å². The number of carboxylic acid groups (broad SMARTS) is 1. The van der Waals surface area contributed by atoms with Crippen LogP contribution in [0, 0.1) is 5.92 Å². The molecular weight excluding hydrogens is 262 g/mol. The molecule has 20 heavy (non-hydrogen) atoms. The summed E-state index contributed by atoms with van der Waals surface area (Å²) in [5.41, 5.74) is 5.80. The van der Waals surface area contributed by atoms with Crippen LogP contribution in [0.15, 0.2) is 24.3 Å². The number of amides is 1. The van der Waals surface area contributed by atoms with E-state index >= 15 is 0 Å². The Kier molecular flexibility index (Phi) is 5.58. The third-order valence-electron chi connectivity index (χ3n) is 2.58. The third kappa shape index (κ3) is 4.64. The number of benzene rings is 1. The maximum absolute atomic E-state index is 11.0. The van der Waals surface area contributed by atoms with E-state index in [9.17, 15) is 9.59 Å². The number of carboxylic acids is 1. The molecule has 0 aromatic heterocycles. The number of carbonyl (C=O) groups excluding carboxylic acids is 1. The first-order valence-corrected chi connectivity index (χ1v) is 5.95. The second-order valence-electron chi connectivity index (χ2n) is 4.20. The van der Waals surface area contributed by atoms with Crippen LogP contribution in [0.4, 0.5) is 0 Å². The van der Waals surface area contributed by atoms with Crippen molar-refractivity contribution in [3.05, 3.63) is 29.8 Å². The van der Waals surface area contributed by atoms with E-state index in [4.69, 9.17) is 20.3 Å². The SMILES string of the molecule is COc1ccc(/C=C/C(=O)O)cc1OCC(C)C(N)=O. The van der Waals surface area contributed by atoms with E-state index in [2.05, 4.69) is 0 Å². The molecule has 1 unspecified atom stereocenters. The second kappa shape index (κ2) is 7.18. The fraction of sp³-hybridized carbons (Fsp3) is 0.286. The standard InChI is InChI=1S/C14H17NO5/c1-9(14(15)18)8-20-12-7-10(4-6-13(16)17)3-5-11(12)19-2/h3-7,9H,8H2,1-2H3,(H2,15,18)(H,16,17)/b6-4+. The van der Waals surface area contributed by atoms with Crippen molar-refractivity contribution in [2.24, 2.45) is 11.7 Å². The molecule has 0 aliphatic heterocycles. The number of hydrogen-bond donors (Lipinski definition) is 2. The van der Waals surface area contributed by atoms with Crippen LogP contribution in [0.3, 0.4) is 0 Å². The van der Waals surface area contributed by atoms with Gasteiger partial charge in [-0.15, -0.1) is 0 Å². The second-order valence-corrected chi connectivity index (χ2v) is 4.20. The number of aliphatic carboxylic acids is 1. The topological polar surface area (TPSA) is 98.8 Å². The number of primary amides is 1. The summed E-state index contributed by atoms with van der Waals surface area (Å²) in [6, 6.07) is 4.99. The molecule has 0 heterocycles. The van der Waals surface area contributed by atoms with Crippen LogP contribution in [0.25, 0.3) is 6.08 Å². The average molecular weight is 279 g/mol. The first kappa shape index (κ1) is 15.6. The number of hydrogen-bond acceptors (Lipinski definition) is 4. The van der Waals surface area contributed by atoms with Crippen molar-refractivity contribution in [2.45, 2.75) is 6.92 Å². The van der Waals surface area contributed by atoms with Crippen LogP contribution in [0.2, 0.25) is 0 Å². The van der Waals surface area contributed by atoms with E-state index in [1.807, 2.05) is 0 Å². The Bertz CT molecular complexity index is 524. The molecule has 6 nitrogen and oxygen atoms in total. The Hall–Kier alpha value is -2.50. The number of nitrogens with two attached hydrogens (primary N) is 1. The van der Waals surface area contributed by atoms with E-state index < -0.39 is 17.8 Å². The molecule has 0 aliphatic carbocycles. The van der Waals surface area contributed by atoms with Crippen molar-refractivity contribution in [3.63, 3.8) is 0 Å². The molecule has 1 rings (SSSR count). The summed E-state index contributed by atoms with van der Waals surface area (Å²) in [7, 11) is 1.49. The van der Waals surface area contributed by atoms with Gasteiger partial charge in [-0.05, 0) is 23.8 Å². The van der Waals surface area contributed by atoms with Crippen LogP contribution >= 0.6 is 0 Å². The predicted octanol–water partition coefficient (Wildman–Crippen LogP) is 1.29. The van der Waals surface area contributed by atoms with Gasteiger partial charge in [0.15, 0.2) is 11.5 Å². The molecule has 0 aliphatic rings. The van der Waals surface area contributed by atoms with Crippen molar-refractivity contribution < 1.29 is 24.2 Å². The highest BCUT2D eigenvalue weighted by atomic mass is 16.5. The van der Waals surface area contributed by atoms with Crippen LogP contribution in [0.5, 0.6) is 11.5 Å². The molecule has 0 spiro atoms. The van der Waals surface area contributed by atoms with Gasteiger partial charge in [0.2, 0.25) is 5.91 Å². The summed E-state index contributed by atoms with van der Waals surface area (Å²) in [6.45, 7) is 1.78. The summed E-state index contributed by atoms with van der Waals surface area (Å²) >= 11 is 0. The molecule has 108 valence electrons. The molecule has 0 saturated heterocycles. The first-order valence-electron chi connectivity index (χ1n) is 5.95. The lowest BCUT2D eigenvalue weighted by atomic mass is 10.1. The summed E-state index contributed by atoms with van der Waals surface area (Å²) in [4.78, 5) is 21.4. The van der Waals surface area contributed by atoms with Gasteiger partial charge < -0.3 is 20.3 Å². The van der Waals surface area contributed by atoms with Gasteiger partial charge in [0.1, 0.15) is 0 Å². The normalized spacial score (nSPS) is 12.1. The highest BCUT2D eigenvalue weighted by molar-refractivity contribution is 5.85. The predicted molar refractivity (Wildman–Crippen MR) is 73.5 cm³/mol. The molecule has 0 fully saturated rings. The fourth-order valence-corrected chi connectivity index (χ4v) is 1.37. The van der Waals surface area contributed by atoms with Gasteiger partial charge >= 0.3 is 5.97 Å². The zero-order chi connectivity index (χ0) is 15.1. The van der Waals surface area contributed by atoms with Gasteiger partial charge in [-0.3, -0.25) is 4.79 Å². The van der Waals surface area contributed by atoms with Gasteiger partial charge in [0.25, 0.3) is 0 Å². The smallest absolute Gasteiger partial charge is 0.328 e. The van der Waals surface area contributed by atoms with Crippen molar-refractivity contribution in [3.8, 4) is 11.5 Å². The summed E-state index contributed by atoms with van der Waals surface area (Å²) in [6.07, 6.45) is 2.46. The largest absolute Gasteiger partial charge is 0.493 e. The Balaban J connectivity index is 2.88. The lowest BCUT2D eigenvalue weighted by Crippen LogP contribution is -2.25. The highest BCUT2D eigenvalue weighted by Gasteiger charge is 2.12. The Morgan fingerprint density at radius 2 is 2.10 bits per heavy atom. The number of ether oxygens (including phenoxy) is 2. The van der Waals surface area contributed by atoms with Gasteiger partial charge in [0.05, 0.1) is 19.6 Å². The zero-order valence-electron chi connectivity index (χ0n) is 11.3. The lowest BCUT2D eigenvalue weighted by molar-refractivity contribution is -0.131. The van der Waals surface area contributed by atoms with Gasteiger partial charge in [-0.25, -0.2) is 4.79 Å².